The summed E-state index contributed by atoms with van der Waals surface area (Å²) in [5.41, 5.74) is 2.00. The molecule has 0 heterocycles. The van der Waals surface area contributed by atoms with E-state index in [1.807, 2.05) is 48.5 Å². The van der Waals surface area contributed by atoms with Gasteiger partial charge in [0.25, 0.3) is 0 Å². The van der Waals surface area contributed by atoms with Gasteiger partial charge in [0.05, 0.1) is 13.7 Å². The molecule has 0 amide bonds. The van der Waals surface area contributed by atoms with Crippen LogP contribution in [-0.2, 0) is 6.61 Å². The van der Waals surface area contributed by atoms with Gasteiger partial charge in [0.2, 0.25) is 0 Å². The highest BCUT2D eigenvalue weighted by molar-refractivity contribution is 5.38. The molecule has 2 rings (SSSR count). The molecule has 0 aliphatic heterocycles. The lowest BCUT2D eigenvalue weighted by Gasteiger charge is -2.07. The Kier molecular flexibility index (Phi) is 5.69. The van der Waals surface area contributed by atoms with E-state index >= 15 is 0 Å². The highest BCUT2D eigenvalue weighted by atomic mass is 16.5. The van der Waals surface area contributed by atoms with Crippen molar-refractivity contribution in [1.82, 2.24) is 0 Å². The number of rotatable bonds is 5. The highest BCUT2D eigenvalue weighted by Gasteiger charge is 1.97. The largest absolute Gasteiger partial charge is 0.497 e. The van der Waals surface area contributed by atoms with Crippen LogP contribution in [0.5, 0.6) is 11.5 Å². The van der Waals surface area contributed by atoms with Crippen molar-refractivity contribution < 1.29 is 14.6 Å². The van der Waals surface area contributed by atoms with Gasteiger partial charge in [-0.25, -0.2) is 0 Å². The first kappa shape index (κ1) is 15.0. The van der Waals surface area contributed by atoms with Gasteiger partial charge < -0.3 is 14.6 Å². The van der Waals surface area contributed by atoms with E-state index in [0.717, 1.165) is 22.6 Å². The van der Waals surface area contributed by atoms with E-state index in [9.17, 15) is 0 Å². The maximum Gasteiger partial charge on any atom is 0.119 e. The molecule has 3 nitrogen and oxygen atoms in total. The van der Waals surface area contributed by atoms with Gasteiger partial charge in [-0.05, 0) is 42.0 Å². The highest BCUT2D eigenvalue weighted by Crippen LogP contribution is 2.16. The van der Waals surface area contributed by atoms with Crippen molar-refractivity contribution in [2.24, 2.45) is 0 Å². The molecule has 0 aromatic heterocycles. The van der Waals surface area contributed by atoms with Crippen molar-refractivity contribution in [3.63, 3.8) is 0 Å². The standard InChI is InChI=1S/C18H18O3/c1-20-17-9-7-16(8-10-17)14-21-18-11-5-15(6-12-18)4-2-3-13-19/h5-12,19H,3,13-14H2,1H3. The zero-order valence-electron chi connectivity index (χ0n) is 12.0. The van der Waals surface area contributed by atoms with Crippen LogP contribution in [0.4, 0.5) is 0 Å². The monoisotopic (exact) mass is 282 g/mol. The van der Waals surface area contributed by atoms with Crippen LogP contribution in [0.15, 0.2) is 48.5 Å². The Morgan fingerprint density at radius 2 is 1.62 bits per heavy atom. The number of hydrogen-bond acceptors (Lipinski definition) is 3. The summed E-state index contributed by atoms with van der Waals surface area (Å²) in [7, 11) is 1.65. The lowest BCUT2D eigenvalue weighted by Crippen LogP contribution is -1.95. The van der Waals surface area contributed by atoms with Crippen LogP contribution in [-0.4, -0.2) is 18.8 Å². The SMILES string of the molecule is COc1ccc(COc2ccc(C#CCCO)cc2)cc1. The smallest absolute Gasteiger partial charge is 0.119 e. The number of methoxy groups -OCH3 is 1. The molecule has 2 aromatic rings. The Morgan fingerprint density at radius 1 is 0.952 bits per heavy atom. The minimum Gasteiger partial charge on any atom is -0.497 e. The van der Waals surface area contributed by atoms with Crippen LogP contribution in [0.25, 0.3) is 0 Å². The lowest BCUT2D eigenvalue weighted by atomic mass is 10.2. The molecular weight excluding hydrogens is 264 g/mol. The van der Waals surface area contributed by atoms with Crippen LogP contribution < -0.4 is 9.47 Å². The molecule has 0 bridgehead atoms. The molecule has 108 valence electrons. The molecule has 3 heteroatoms. The number of ether oxygens (including phenoxy) is 2. The predicted octanol–water partition coefficient (Wildman–Crippen LogP) is 3.01. The Balaban J connectivity index is 1.89. The van der Waals surface area contributed by atoms with Gasteiger partial charge in [-0.3, -0.25) is 0 Å². The second-order valence-corrected chi connectivity index (χ2v) is 4.44. The van der Waals surface area contributed by atoms with Crippen molar-refractivity contribution >= 4 is 0 Å². The molecule has 2 aromatic carbocycles. The third-order valence-corrected chi connectivity index (χ3v) is 2.89. The van der Waals surface area contributed by atoms with Crippen LogP contribution in [0.2, 0.25) is 0 Å². The molecule has 0 aliphatic rings. The van der Waals surface area contributed by atoms with E-state index in [4.69, 9.17) is 14.6 Å². The summed E-state index contributed by atoms with van der Waals surface area (Å²) in [6, 6.07) is 15.4. The summed E-state index contributed by atoms with van der Waals surface area (Å²) < 4.78 is 10.8. The summed E-state index contributed by atoms with van der Waals surface area (Å²) in [6.07, 6.45) is 0.496. The Labute approximate surface area is 125 Å². The van der Waals surface area contributed by atoms with E-state index in [0.29, 0.717) is 13.0 Å². The summed E-state index contributed by atoms with van der Waals surface area (Å²) in [5.74, 6) is 7.51. The second kappa shape index (κ2) is 7.98. The van der Waals surface area contributed by atoms with Crippen LogP contribution in [0.3, 0.4) is 0 Å². The lowest BCUT2D eigenvalue weighted by molar-refractivity contribution is 0.305. The van der Waals surface area contributed by atoms with Crippen molar-refractivity contribution in [1.29, 1.82) is 0 Å². The number of aliphatic hydroxyl groups is 1. The first-order valence-electron chi connectivity index (χ1n) is 6.77. The van der Waals surface area contributed by atoms with Gasteiger partial charge in [0.1, 0.15) is 18.1 Å². The van der Waals surface area contributed by atoms with E-state index < -0.39 is 0 Å². The Morgan fingerprint density at radius 3 is 2.24 bits per heavy atom. The number of benzene rings is 2. The normalized spacial score (nSPS) is 9.62. The fraction of sp³-hybridized carbons (Fsp3) is 0.222. The minimum atomic E-state index is 0.0933. The van der Waals surface area contributed by atoms with Gasteiger partial charge in [0, 0.05) is 12.0 Å². The first-order chi connectivity index (χ1) is 10.3. The van der Waals surface area contributed by atoms with Crippen LogP contribution in [0, 0.1) is 11.8 Å². The molecule has 0 spiro atoms. The molecule has 0 unspecified atom stereocenters. The first-order valence-corrected chi connectivity index (χ1v) is 6.77. The molecule has 0 radical (unpaired) electrons. The summed E-state index contributed by atoms with van der Waals surface area (Å²) in [4.78, 5) is 0. The van der Waals surface area contributed by atoms with E-state index in [-0.39, 0.29) is 6.61 Å². The summed E-state index contributed by atoms with van der Waals surface area (Å²) >= 11 is 0. The second-order valence-electron chi connectivity index (χ2n) is 4.44. The topological polar surface area (TPSA) is 38.7 Å². The molecule has 0 saturated heterocycles. The van der Waals surface area contributed by atoms with E-state index in [2.05, 4.69) is 11.8 Å². The quantitative estimate of drug-likeness (QED) is 0.857. The predicted molar refractivity (Wildman–Crippen MR) is 82.3 cm³/mol. The fourth-order valence-corrected chi connectivity index (χ4v) is 1.74. The van der Waals surface area contributed by atoms with Gasteiger partial charge in [0.15, 0.2) is 0 Å². The summed E-state index contributed by atoms with van der Waals surface area (Å²) in [5, 5.41) is 8.67. The Hall–Kier alpha value is -2.44. The molecule has 0 saturated carbocycles. The van der Waals surface area contributed by atoms with E-state index in [1.54, 1.807) is 7.11 Å². The van der Waals surface area contributed by atoms with E-state index in [1.165, 1.54) is 0 Å². The molecule has 0 fully saturated rings. The number of aliphatic hydroxyl groups excluding tert-OH is 1. The van der Waals surface area contributed by atoms with Crippen LogP contribution in [0.1, 0.15) is 17.5 Å². The molecular formula is C18H18O3. The Bertz CT molecular complexity index is 604. The fourth-order valence-electron chi connectivity index (χ4n) is 1.74. The summed E-state index contributed by atoms with van der Waals surface area (Å²) in [6.45, 7) is 0.607. The average Bonchev–Trinajstić information content (AvgIpc) is 2.55. The van der Waals surface area contributed by atoms with Gasteiger partial charge >= 0.3 is 0 Å². The number of hydrogen-bond donors (Lipinski definition) is 1. The molecule has 21 heavy (non-hydrogen) atoms. The van der Waals surface area contributed by atoms with Gasteiger partial charge in [-0.1, -0.05) is 24.0 Å². The van der Waals surface area contributed by atoms with Crippen molar-refractivity contribution in [2.45, 2.75) is 13.0 Å². The maximum absolute atomic E-state index is 8.67. The van der Waals surface area contributed by atoms with Crippen molar-refractivity contribution in [3.05, 3.63) is 59.7 Å². The third-order valence-electron chi connectivity index (χ3n) is 2.89. The molecule has 1 N–H and O–H groups in total. The molecule has 0 atom stereocenters. The third kappa shape index (κ3) is 4.87. The maximum atomic E-state index is 8.67. The van der Waals surface area contributed by atoms with Gasteiger partial charge in [-0.15, -0.1) is 0 Å². The van der Waals surface area contributed by atoms with Crippen molar-refractivity contribution in [3.8, 4) is 23.3 Å². The van der Waals surface area contributed by atoms with Crippen LogP contribution >= 0.6 is 0 Å². The average molecular weight is 282 g/mol. The minimum absolute atomic E-state index is 0.0933. The van der Waals surface area contributed by atoms with Crippen molar-refractivity contribution in [2.75, 3.05) is 13.7 Å². The zero-order chi connectivity index (χ0) is 14.9. The van der Waals surface area contributed by atoms with Gasteiger partial charge in [-0.2, -0.15) is 0 Å². The zero-order valence-corrected chi connectivity index (χ0v) is 12.0. The molecule has 0 aliphatic carbocycles.